The second kappa shape index (κ2) is 10.6. The highest BCUT2D eigenvalue weighted by Crippen LogP contribution is 2.27. The molecule has 0 unspecified atom stereocenters. The van der Waals surface area contributed by atoms with Crippen molar-refractivity contribution in [3.05, 3.63) is 87.1 Å². The Morgan fingerprint density at radius 3 is 2.42 bits per heavy atom. The normalized spacial score (nSPS) is 10.8. The number of benzene rings is 3. The third-order valence-electron chi connectivity index (χ3n) is 4.58. The Morgan fingerprint density at radius 2 is 1.74 bits per heavy atom. The van der Waals surface area contributed by atoms with Gasteiger partial charge in [-0.2, -0.15) is 0 Å². The average molecular weight is 506 g/mol. The van der Waals surface area contributed by atoms with E-state index in [4.69, 9.17) is 16.3 Å². The van der Waals surface area contributed by atoms with E-state index in [1.165, 1.54) is 12.1 Å². The van der Waals surface area contributed by atoms with Crippen LogP contribution in [0.5, 0.6) is 5.75 Å². The van der Waals surface area contributed by atoms with E-state index >= 15 is 0 Å². The van der Waals surface area contributed by atoms with Crippen LogP contribution in [0.2, 0.25) is 5.02 Å². The van der Waals surface area contributed by atoms with Crippen molar-refractivity contribution in [2.75, 3.05) is 10.6 Å². The zero-order chi connectivity index (χ0) is 22.4. The zero-order valence-corrected chi connectivity index (χ0v) is 19.6. The van der Waals surface area contributed by atoms with E-state index in [1.807, 2.05) is 56.3 Å². The Balaban J connectivity index is 1.65. The first-order valence-electron chi connectivity index (χ1n) is 9.82. The van der Waals surface area contributed by atoms with Gasteiger partial charge in [0, 0.05) is 39.4 Å². The van der Waals surface area contributed by atoms with E-state index in [2.05, 4.69) is 26.6 Å². The van der Waals surface area contributed by atoms with Gasteiger partial charge in [0.2, 0.25) is 5.91 Å². The minimum atomic E-state index is -0.378. The molecule has 0 aliphatic heterocycles. The van der Waals surface area contributed by atoms with E-state index in [9.17, 15) is 9.18 Å². The lowest BCUT2D eigenvalue weighted by molar-refractivity contribution is -0.118. The molecule has 31 heavy (non-hydrogen) atoms. The molecule has 0 aliphatic carbocycles. The van der Waals surface area contributed by atoms with Gasteiger partial charge >= 0.3 is 0 Å². The van der Waals surface area contributed by atoms with Crippen LogP contribution in [0.4, 0.5) is 15.8 Å². The van der Waals surface area contributed by atoms with Crippen molar-refractivity contribution < 1.29 is 13.9 Å². The van der Waals surface area contributed by atoms with Gasteiger partial charge in [-0.25, -0.2) is 4.39 Å². The largest absolute Gasteiger partial charge is 0.488 e. The van der Waals surface area contributed by atoms with Crippen LogP contribution in [0.25, 0.3) is 0 Å². The van der Waals surface area contributed by atoms with Crippen molar-refractivity contribution in [2.45, 2.75) is 27.0 Å². The number of anilines is 2. The Bertz CT molecular complexity index is 1060. The summed E-state index contributed by atoms with van der Waals surface area (Å²) in [4.78, 5) is 11.8. The molecule has 7 heteroatoms. The number of hydrogen-bond acceptors (Lipinski definition) is 3. The number of rotatable bonds is 8. The monoisotopic (exact) mass is 504 g/mol. The van der Waals surface area contributed by atoms with Gasteiger partial charge in [0.1, 0.15) is 18.2 Å². The van der Waals surface area contributed by atoms with Crippen molar-refractivity contribution in [1.82, 2.24) is 0 Å². The summed E-state index contributed by atoms with van der Waals surface area (Å²) >= 11 is 9.59. The van der Waals surface area contributed by atoms with Crippen LogP contribution in [0.1, 0.15) is 25.0 Å². The Hall–Kier alpha value is -2.57. The lowest BCUT2D eigenvalue weighted by Crippen LogP contribution is -2.17. The molecule has 0 radical (unpaired) electrons. The molecule has 4 nitrogen and oxygen atoms in total. The molecule has 0 aromatic heterocycles. The van der Waals surface area contributed by atoms with E-state index < -0.39 is 0 Å². The van der Waals surface area contributed by atoms with Crippen LogP contribution in [0.15, 0.2) is 65.1 Å². The summed E-state index contributed by atoms with van der Waals surface area (Å²) in [6.45, 7) is 4.47. The molecule has 1 amide bonds. The molecule has 0 aliphatic rings. The van der Waals surface area contributed by atoms with E-state index in [0.717, 1.165) is 21.4 Å². The topological polar surface area (TPSA) is 50.4 Å². The zero-order valence-electron chi connectivity index (χ0n) is 17.2. The fraction of sp³-hybridized carbons (Fsp3) is 0.208. The van der Waals surface area contributed by atoms with Crippen molar-refractivity contribution in [3.8, 4) is 5.75 Å². The highest BCUT2D eigenvalue weighted by Gasteiger charge is 2.09. The second-order valence-corrected chi connectivity index (χ2v) is 8.67. The second-order valence-electron chi connectivity index (χ2n) is 7.35. The predicted octanol–water partition coefficient (Wildman–Crippen LogP) is 7.03. The quantitative estimate of drug-likeness (QED) is 0.346. The molecule has 3 aromatic rings. The van der Waals surface area contributed by atoms with Crippen LogP contribution in [-0.2, 0) is 17.9 Å². The number of halogens is 3. The van der Waals surface area contributed by atoms with Gasteiger partial charge in [0.15, 0.2) is 0 Å². The number of ether oxygens (including phenoxy) is 1. The summed E-state index contributed by atoms with van der Waals surface area (Å²) in [7, 11) is 0. The highest BCUT2D eigenvalue weighted by molar-refractivity contribution is 9.10. The average Bonchev–Trinajstić information content (AvgIpc) is 2.73. The van der Waals surface area contributed by atoms with Gasteiger partial charge < -0.3 is 15.4 Å². The summed E-state index contributed by atoms with van der Waals surface area (Å²) in [6.07, 6.45) is 0. The minimum Gasteiger partial charge on any atom is -0.488 e. The van der Waals surface area contributed by atoms with Gasteiger partial charge in [-0.3, -0.25) is 4.79 Å². The predicted molar refractivity (Wildman–Crippen MR) is 127 cm³/mol. The van der Waals surface area contributed by atoms with Gasteiger partial charge in [0.25, 0.3) is 0 Å². The van der Waals surface area contributed by atoms with Crippen LogP contribution in [0, 0.1) is 11.7 Å². The van der Waals surface area contributed by atoms with Gasteiger partial charge in [-0.1, -0.05) is 47.4 Å². The molecular weight excluding hydrogens is 483 g/mol. The van der Waals surface area contributed by atoms with Crippen molar-refractivity contribution >= 4 is 44.8 Å². The molecular formula is C24H23BrClFN2O2. The van der Waals surface area contributed by atoms with Crippen LogP contribution in [-0.4, -0.2) is 5.91 Å². The lowest BCUT2D eigenvalue weighted by atomic mass is 10.1. The van der Waals surface area contributed by atoms with Gasteiger partial charge in [-0.05, 0) is 54.6 Å². The maximum atomic E-state index is 13.2. The molecule has 3 aromatic carbocycles. The van der Waals surface area contributed by atoms with E-state index in [1.54, 1.807) is 6.07 Å². The summed E-state index contributed by atoms with van der Waals surface area (Å²) in [5, 5.41) is 6.57. The van der Waals surface area contributed by atoms with Crippen LogP contribution in [0.3, 0.4) is 0 Å². The molecule has 0 fully saturated rings. The Labute approximate surface area is 194 Å². The molecule has 0 bridgehead atoms. The third-order valence-corrected chi connectivity index (χ3v) is 5.43. The third kappa shape index (κ3) is 6.71. The fourth-order valence-electron chi connectivity index (χ4n) is 2.78. The number of hydrogen-bond donors (Lipinski definition) is 2. The molecule has 0 heterocycles. The molecule has 0 spiro atoms. The van der Waals surface area contributed by atoms with E-state index in [0.29, 0.717) is 22.9 Å². The SMILES string of the molecule is CC(C)C(=O)Nc1ccc(NCc2cc(Br)ccc2OCc2ccc(F)cc2Cl)cc1. The van der Waals surface area contributed by atoms with E-state index in [-0.39, 0.29) is 24.2 Å². The molecule has 0 saturated heterocycles. The lowest BCUT2D eigenvalue weighted by Gasteiger charge is -2.15. The molecule has 162 valence electrons. The molecule has 2 N–H and O–H groups in total. The summed E-state index contributed by atoms with van der Waals surface area (Å²) < 4.78 is 20.1. The Kier molecular flexibility index (Phi) is 7.93. The first kappa shape index (κ1) is 23.1. The van der Waals surface area contributed by atoms with Crippen molar-refractivity contribution in [1.29, 1.82) is 0 Å². The summed E-state index contributed by atoms with van der Waals surface area (Å²) in [5.74, 6) is 0.240. The van der Waals surface area contributed by atoms with Crippen LogP contribution < -0.4 is 15.4 Å². The minimum absolute atomic E-state index is 0.0158. The highest BCUT2D eigenvalue weighted by atomic mass is 79.9. The number of carbonyl (C=O) groups is 1. The van der Waals surface area contributed by atoms with Crippen molar-refractivity contribution in [3.63, 3.8) is 0 Å². The number of amides is 1. The van der Waals surface area contributed by atoms with Gasteiger partial charge in [0.05, 0.1) is 5.02 Å². The first-order valence-corrected chi connectivity index (χ1v) is 11.0. The van der Waals surface area contributed by atoms with Crippen LogP contribution >= 0.6 is 27.5 Å². The number of carbonyl (C=O) groups excluding carboxylic acids is 1. The van der Waals surface area contributed by atoms with Gasteiger partial charge in [-0.15, -0.1) is 0 Å². The number of nitrogens with one attached hydrogen (secondary N) is 2. The molecule has 3 rings (SSSR count). The fourth-order valence-corrected chi connectivity index (χ4v) is 3.41. The maximum Gasteiger partial charge on any atom is 0.226 e. The summed E-state index contributed by atoms with van der Waals surface area (Å²) in [6, 6.07) is 17.5. The van der Waals surface area contributed by atoms with Crippen molar-refractivity contribution in [2.24, 2.45) is 5.92 Å². The maximum absolute atomic E-state index is 13.2. The molecule has 0 saturated carbocycles. The standard InChI is InChI=1S/C24H23BrClFN2O2/c1-15(2)24(30)29-21-8-6-20(7-9-21)28-13-17-11-18(25)4-10-23(17)31-14-16-3-5-19(27)12-22(16)26/h3-12,15,28H,13-14H2,1-2H3,(H,29,30). The molecule has 0 atom stereocenters. The summed E-state index contributed by atoms with van der Waals surface area (Å²) in [5.41, 5.74) is 3.33. The smallest absolute Gasteiger partial charge is 0.226 e. The first-order chi connectivity index (χ1) is 14.8. The Morgan fingerprint density at radius 1 is 1.03 bits per heavy atom.